The summed E-state index contributed by atoms with van der Waals surface area (Å²) in [5.41, 5.74) is 2.76. The van der Waals surface area contributed by atoms with Gasteiger partial charge in [-0.2, -0.15) is 9.78 Å². The highest BCUT2D eigenvalue weighted by Crippen LogP contribution is 2.28. The van der Waals surface area contributed by atoms with Crippen LogP contribution in [0.15, 0.2) is 54.6 Å². The second-order valence-corrected chi connectivity index (χ2v) is 7.29. The number of rotatable bonds is 2. The fourth-order valence-electron chi connectivity index (χ4n) is 3.66. The molecule has 0 amide bonds. The van der Waals surface area contributed by atoms with E-state index in [2.05, 4.69) is 15.3 Å². The zero-order valence-electron chi connectivity index (χ0n) is 15.4. The molecule has 2 heterocycles. The molecule has 0 spiro atoms. The first-order valence-electron chi connectivity index (χ1n) is 9.03. The van der Waals surface area contributed by atoms with E-state index in [4.69, 9.17) is 11.6 Å². The van der Waals surface area contributed by atoms with Crippen LogP contribution in [0.3, 0.4) is 0 Å². The molecule has 2 aromatic heterocycles. The Hall–Kier alpha value is -3.38. The second-order valence-electron chi connectivity index (χ2n) is 6.89. The molecule has 0 aliphatic heterocycles. The van der Waals surface area contributed by atoms with Gasteiger partial charge in [-0.05, 0) is 35.4 Å². The Morgan fingerprint density at radius 3 is 2.72 bits per heavy atom. The molecule has 7 heteroatoms. The lowest BCUT2D eigenvalue weighted by atomic mass is 10.0. The van der Waals surface area contributed by atoms with Crippen molar-refractivity contribution in [2.45, 2.75) is 13.3 Å². The number of hydrogen-bond acceptors (Lipinski definition) is 4. The van der Waals surface area contributed by atoms with Crippen molar-refractivity contribution in [1.29, 1.82) is 0 Å². The van der Waals surface area contributed by atoms with Gasteiger partial charge in [0, 0.05) is 5.39 Å². The number of carbonyl (C=O) groups is 1. The zero-order valence-corrected chi connectivity index (χ0v) is 16.1. The van der Waals surface area contributed by atoms with Gasteiger partial charge < -0.3 is 0 Å². The van der Waals surface area contributed by atoms with E-state index in [1.807, 2.05) is 42.5 Å². The van der Waals surface area contributed by atoms with Crippen LogP contribution in [-0.2, 0) is 6.42 Å². The molecule has 29 heavy (non-hydrogen) atoms. The van der Waals surface area contributed by atoms with Crippen LogP contribution in [0.1, 0.15) is 16.1 Å². The minimum absolute atomic E-state index is 0.0454. The number of halogens is 2. The van der Waals surface area contributed by atoms with Gasteiger partial charge in [-0.3, -0.25) is 4.79 Å². The molecule has 0 aliphatic carbocycles. The lowest BCUT2D eigenvalue weighted by molar-refractivity contribution is 0.0904. The molecule has 0 unspecified atom stereocenters. The zero-order chi connectivity index (χ0) is 20.1. The van der Waals surface area contributed by atoms with Crippen molar-refractivity contribution in [2.75, 3.05) is 0 Å². The maximum absolute atomic E-state index is 14.1. The number of carbonyl (C=O) groups excluding carboxylic acids is 1. The van der Waals surface area contributed by atoms with Gasteiger partial charge in [0.2, 0.25) is 0 Å². The van der Waals surface area contributed by atoms with Gasteiger partial charge in [0.15, 0.2) is 0 Å². The lowest BCUT2D eigenvalue weighted by Crippen LogP contribution is -2.15. The van der Waals surface area contributed by atoms with E-state index in [0.717, 1.165) is 16.3 Å². The topological polar surface area (TPSA) is 60.7 Å². The van der Waals surface area contributed by atoms with Gasteiger partial charge in [-0.1, -0.05) is 54.1 Å². The fourth-order valence-corrected chi connectivity index (χ4v) is 3.82. The van der Waals surface area contributed by atoms with Crippen molar-refractivity contribution in [1.82, 2.24) is 20.0 Å². The number of hydrogen-bond donors (Lipinski definition) is 0. The summed E-state index contributed by atoms with van der Waals surface area (Å²) in [4.78, 5) is 13.2. The van der Waals surface area contributed by atoms with Crippen LogP contribution >= 0.6 is 11.6 Å². The van der Waals surface area contributed by atoms with E-state index < -0.39 is 5.82 Å². The first-order chi connectivity index (χ1) is 14.0. The normalized spacial score (nSPS) is 11.6. The molecule has 0 saturated heterocycles. The molecule has 5 rings (SSSR count). The number of fused-ring (bicyclic) bond motifs is 4. The highest BCUT2D eigenvalue weighted by Gasteiger charge is 2.20. The summed E-state index contributed by atoms with van der Waals surface area (Å²) in [7, 11) is 0. The van der Waals surface area contributed by atoms with E-state index in [1.165, 1.54) is 16.8 Å². The first kappa shape index (κ1) is 17.7. The molecule has 142 valence electrons. The van der Waals surface area contributed by atoms with E-state index in [9.17, 15) is 9.18 Å². The van der Waals surface area contributed by atoms with E-state index in [0.29, 0.717) is 27.6 Å². The molecular weight excluding hydrogens is 391 g/mol. The number of nitrogens with zero attached hydrogens (tertiary/aromatic N) is 4. The number of benzene rings is 3. The van der Waals surface area contributed by atoms with E-state index >= 15 is 0 Å². The van der Waals surface area contributed by atoms with Crippen LogP contribution in [0.5, 0.6) is 0 Å². The van der Waals surface area contributed by atoms with Crippen molar-refractivity contribution in [3.63, 3.8) is 0 Å². The Balaban J connectivity index is 1.69. The average Bonchev–Trinajstić information content (AvgIpc) is 3.06. The van der Waals surface area contributed by atoms with Gasteiger partial charge >= 0.3 is 0 Å². The minimum atomic E-state index is -0.583. The van der Waals surface area contributed by atoms with Crippen LogP contribution in [0.25, 0.3) is 32.7 Å². The van der Waals surface area contributed by atoms with Crippen molar-refractivity contribution in [3.05, 3.63) is 76.7 Å². The van der Waals surface area contributed by atoms with Crippen LogP contribution in [0.4, 0.5) is 4.39 Å². The second kappa shape index (κ2) is 6.60. The third-order valence-corrected chi connectivity index (χ3v) is 5.33. The van der Waals surface area contributed by atoms with Crippen LogP contribution < -0.4 is 0 Å². The van der Waals surface area contributed by atoms with Crippen LogP contribution in [-0.4, -0.2) is 25.9 Å². The minimum Gasteiger partial charge on any atom is -0.272 e. The number of aromatic nitrogens is 4. The molecule has 3 aromatic carbocycles. The maximum Gasteiger partial charge on any atom is 0.251 e. The third kappa shape index (κ3) is 2.84. The highest BCUT2D eigenvalue weighted by molar-refractivity contribution is 6.31. The monoisotopic (exact) mass is 404 g/mol. The molecule has 0 saturated carbocycles. The summed E-state index contributed by atoms with van der Waals surface area (Å²) in [6.07, 6.45) is 0.150. The third-order valence-electron chi connectivity index (χ3n) is 5.04. The molecule has 0 radical (unpaired) electrons. The summed E-state index contributed by atoms with van der Waals surface area (Å²) in [6, 6.07) is 16.4. The Morgan fingerprint density at radius 2 is 1.86 bits per heavy atom. The van der Waals surface area contributed by atoms with Crippen LogP contribution in [0, 0.1) is 12.7 Å². The summed E-state index contributed by atoms with van der Waals surface area (Å²) in [5, 5.41) is 15.1. The van der Waals surface area contributed by atoms with E-state index in [-0.39, 0.29) is 17.4 Å². The molecule has 0 bridgehead atoms. The summed E-state index contributed by atoms with van der Waals surface area (Å²) in [5.74, 6) is -0.815. The highest BCUT2D eigenvalue weighted by atomic mass is 35.5. The molecule has 5 aromatic rings. The van der Waals surface area contributed by atoms with Crippen molar-refractivity contribution < 1.29 is 9.18 Å². The Labute approximate surface area is 169 Å². The average molecular weight is 405 g/mol. The molecule has 0 fully saturated rings. The van der Waals surface area contributed by atoms with Gasteiger partial charge in [0.25, 0.3) is 5.91 Å². The van der Waals surface area contributed by atoms with E-state index in [1.54, 1.807) is 6.92 Å². The molecular formula is C22H14ClFN4O. The Morgan fingerprint density at radius 1 is 1.07 bits per heavy atom. The first-order valence-corrected chi connectivity index (χ1v) is 9.41. The van der Waals surface area contributed by atoms with Crippen LogP contribution in [0.2, 0.25) is 5.02 Å². The smallest absolute Gasteiger partial charge is 0.251 e. The Kier molecular flexibility index (Phi) is 4.03. The van der Waals surface area contributed by atoms with Gasteiger partial charge in [-0.15, -0.1) is 10.2 Å². The van der Waals surface area contributed by atoms with Crippen molar-refractivity contribution in [3.8, 4) is 0 Å². The predicted octanol–water partition coefficient (Wildman–Crippen LogP) is 5.12. The maximum atomic E-state index is 14.1. The fraction of sp³-hybridized carbons (Fsp3) is 0.0909. The molecule has 0 atom stereocenters. The van der Waals surface area contributed by atoms with Gasteiger partial charge in [0.1, 0.15) is 16.9 Å². The predicted molar refractivity (Wildman–Crippen MR) is 111 cm³/mol. The summed E-state index contributed by atoms with van der Waals surface area (Å²) in [6.45, 7) is 1.75. The summed E-state index contributed by atoms with van der Waals surface area (Å²) >= 11 is 5.88. The quantitative estimate of drug-likeness (QED) is 0.410. The Bertz CT molecular complexity index is 1440. The van der Waals surface area contributed by atoms with Gasteiger partial charge in [-0.25, -0.2) is 4.39 Å². The standard InChI is InChI=1S/C22H14ClFN4O/c1-12-21-22(16-10-18(24)17(23)11-19(16)25-26-21)28(27-12)20(29)9-14-7-4-6-13-5-2-3-8-15(13)14/h2-8,10-11H,9H2,1H3. The largest absolute Gasteiger partial charge is 0.272 e. The van der Waals surface area contributed by atoms with Gasteiger partial charge in [0.05, 0.1) is 22.7 Å². The lowest BCUT2D eigenvalue weighted by Gasteiger charge is -2.08. The molecule has 5 nitrogen and oxygen atoms in total. The van der Waals surface area contributed by atoms with Crippen molar-refractivity contribution >= 4 is 50.2 Å². The SMILES string of the molecule is Cc1nn(C(=O)Cc2cccc3ccccc23)c2c1nnc1cc(Cl)c(F)cc12. The van der Waals surface area contributed by atoms with Crippen molar-refractivity contribution in [2.24, 2.45) is 0 Å². The molecule has 0 N–H and O–H groups in total. The molecule has 0 aliphatic rings. The summed E-state index contributed by atoms with van der Waals surface area (Å²) < 4.78 is 15.4. The number of aryl methyl sites for hydroxylation is 1.